The Morgan fingerprint density at radius 3 is 1.61 bits per heavy atom. The van der Waals surface area contributed by atoms with Gasteiger partial charge in [0.05, 0.1) is 12.4 Å². The predicted molar refractivity (Wildman–Crippen MR) is 166 cm³/mol. The van der Waals surface area contributed by atoms with E-state index in [9.17, 15) is 0 Å². The van der Waals surface area contributed by atoms with E-state index in [0.717, 1.165) is 47.2 Å². The van der Waals surface area contributed by atoms with Crippen LogP contribution in [0.3, 0.4) is 0 Å². The molecule has 0 radical (unpaired) electrons. The van der Waals surface area contributed by atoms with Crippen molar-refractivity contribution in [3.63, 3.8) is 0 Å². The molecule has 4 heterocycles. The Bertz CT molecular complexity index is 1400. The fourth-order valence-electron chi connectivity index (χ4n) is 4.58. The van der Waals surface area contributed by atoms with E-state index in [2.05, 4.69) is 51.5 Å². The first kappa shape index (κ1) is 28.3. The highest BCUT2D eigenvalue weighted by Gasteiger charge is 2.14. The number of nitrogens with zero attached hydrogens (tertiary/aromatic N) is 3. The van der Waals surface area contributed by atoms with Crippen LogP contribution in [0, 0.1) is 11.8 Å². The maximum Gasteiger partial charge on any atom is 0.146 e. The predicted octanol–water partition coefficient (Wildman–Crippen LogP) is 7.34. The number of likely N-dealkylation sites (tertiary alicyclic amines) is 1. The van der Waals surface area contributed by atoms with Crippen LogP contribution in [0.25, 0.3) is 12.2 Å². The molecule has 2 aromatic heterocycles. The van der Waals surface area contributed by atoms with Crippen LogP contribution in [0.2, 0.25) is 0 Å². The summed E-state index contributed by atoms with van der Waals surface area (Å²) in [5.41, 5.74) is 2.16. The molecule has 0 bridgehead atoms. The van der Waals surface area contributed by atoms with Crippen molar-refractivity contribution in [2.24, 2.45) is 11.8 Å². The number of para-hydroxylation sites is 2. The Labute approximate surface area is 243 Å². The molecule has 2 aliphatic heterocycles. The molecule has 41 heavy (non-hydrogen) atoms. The van der Waals surface area contributed by atoms with Gasteiger partial charge in [-0.15, -0.1) is 0 Å². The zero-order chi connectivity index (χ0) is 28.1. The number of piperidine rings is 1. The first-order valence-corrected chi connectivity index (χ1v) is 14.3. The van der Waals surface area contributed by atoms with Crippen LogP contribution in [0.4, 0.5) is 0 Å². The lowest BCUT2D eigenvalue weighted by atomic mass is 9.96. The molecule has 0 amide bonds. The summed E-state index contributed by atoms with van der Waals surface area (Å²) in [6.07, 6.45) is 18.5. The average molecular weight is 547 g/mol. The Morgan fingerprint density at radius 2 is 1.15 bits per heavy atom. The smallest absolute Gasteiger partial charge is 0.146 e. The Hall–Kier alpha value is -4.26. The monoisotopic (exact) mass is 546 g/mol. The fraction of sp³-hybridized carbons (Fsp3) is 0.257. The van der Waals surface area contributed by atoms with Gasteiger partial charge in [0, 0.05) is 31.4 Å². The Balaban J connectivity index is 0.000000166. The van der Waals surface area contributed by atoms with Crippen molar-refractivity contribution in [3.05, 3.63) is 121 Å². The number of benzene rings is 2. The molecule has 2 aromatic carbocycles. The second-order valence-electron chi connectivity index (χ2n) is 10.5. The molecule has 1 N–H and O–H groups in total. The maximum absolute atomic E-state index is 5.82. The number of pyridine rings is 2. The number of nitrogens with one attached hydrogen (secondary N) is 1. The van der Waals surface area contributed by atoms with Crippen molar-refractivity contribution in [2.75, 3.05) is 33.2 Å². The van der Waals surface area contributed by atoms with E-state index >= 15 is 0 Å². The van der Waals surface area contributed by atoms with Gasteiger partial charge in [0.2, 0.25) is 0 Å². The van der Waals surface area contributed by atoms with E-state index in [1.165, 1.54) is 25.9 Å². The minimum atomic E-state index is 0.652. The second-order valence-corrected chi connectivity index (χ2v) is 10.5. The van der Waals surface area contributed by atoms with Crippen molar-refractivity contribution in [1.82, 2.24) is 20.2 Å². The Kier molecular flexibility index (Phi) is 10.3. The molecule has 0 aliphatic carbocycles. The number of ether oxygens (including phenoxy) is 2. The zero-order valence-corrected chi connectivity index (χ0v) is 23.6. The van der Waals surface area contributed by atoms with Crippen LogP contribution >= 0.6 is 0 Å². The molecule has 0 spiro atoms. The summed E-state index contributed by atoms with van der Waals surface area (Å²) >= 11 is 0. The Morgan fingerprint density at radius 1 is 0.659 bits per heavy atom. The van der Waals surface area contributed by atoms with Gasteiger partial charge in [0.15, 0.2) is 0 Å². The van der Waals surface area contributed by atoms with Gasteiger partial charge in [0.1, 0.15) is 23.0 Å². The number of hydrogen-bond acceptors (Lipinski definition) is 6. The molecule has 4 aromatic rings. The molecule has 0 atom stereocenters. The van der Waals surface area contributed by atoms with Gasteiger partial charge in [-0.2, -0.15) is 0 Å². The standard InChI is InChI=1S/C19H22N2O.C16H16N2O/c1-21-11-9-16(10-12-21)7-8-17-13-19(15-20-14-17)22-18-5-3-2-4-6-18;1-2-4-15(5-3-1)19-16-8-13(9-18-12-16)6-7-14-10-17-11-14/h2-8,13-16H,9-12H2,1H3;1-9,12,14,17H,10-11H2/b8-7+;7-6+. The van der Waals surface area contributed by atoms with E-state index < -0.39 is 0 Å². The largest absolute Gasteiger partial charge is 0.456 e. The van der Waals surface area contributed by atoms with Crippen LogP contribution in [-0.4, -0.2) is 48.1 Å². The van der Waals surface area contributed by atoms with Crippen molar-refractivity contribution in [3.8, 4) is 23.0 Å². The van der Waals surface area contributed by atoms with Crippen LogP contribution in [-0.2, 0) is 0 Å². The topological polar surface area (TPSA) is 59.5 Å². The minimum absolute atomic E-state index is 0.652. The van der Waals surface area contributed by atoms with Gasteiger partial charge in [0.25, 0.3) is 0 Å². The first-order valence-electron chi connectivity index (χ1n) is 14.3. The summed E-state index contributed by atoms with van der Waals surface area (Å²) in [5.74, 6) is 4.53. The zero-order valence-electron chi connectivity index (χ0n) is 23.6. The highest BCUT2D eigenvalue weighted by Crippen LogP contribution is 2.24. The third kappa shape index (κ3) is 9.41. The third-order valence-corrected chi connectivity index (χ3v) is 7.12. The second kappa shape index (κ2) is 14.9. The van der Waals surface area contributed by atoms with E-state index in [4.69, 9.17) is 9.47 Å². The molecule has 0 unspecified atom stereocenters. The molecule has 0 saturated carbocycles. The average Bonchev–Trinajstić information content (AvgIpc) is 2.98. The SMILES string of the molecule is C(=C\C1CNC1)/c1cncc(Oc2ccccc2)c1.CN1CCC(/C=C/c2cncc(Oc3ccccc3)c2)CC1. The van der Waals surface area contributed by atoms with Gasteiger partial charge in [-0.3, -0.25) is 9.97 Å². The van der Waals surface area contributed by atoms with Gasteiger partial charge in [-0.25, -0.2) is 0 Å². The molecule has 6 rings (SSSR count). The van der Waals surface area contributed by atoms with Crippen LogP contribution in [0.1, 0.15) is 24.0 Å². The van der Waals surface area contributed by atoms with E-state index in [1.807, 2.05) is 85.2 Å². The summed E-state index contributed by atoms with van der Waals surface area (Å²) in [5, 5.41) is 3.25. The van der Waals surface area contributed by atoms with Crippen LogP contribution < -0.4 is 14.8 Å². The summed E-state index contributed by atoms with van der Waals surface area (Å²) in [4.78, 5) is 10.9. The minimum Gasteiger partial charge on any atom is -0.456 e. The maximum atomic E-state index is 5.82. The number of hydrogen-bond donors (Lipinski definition) is 1. The van der Waals surface area contributed by atoms with Crippen molar-refractivity contribution >= 4 is 12.2 Å². The molecule has 6 nitrogen and oxygen atoms in total. The van der Waals surface area contributed by atoms with Crippen LogP contribution in [0.5, 0.6) is 23.0 Å². The lowest BCUT2D eigenvalue weighted by Gasteiger charge is -2.26. The summed E-state index contributed by atoms with van der Waals surface area (Å²) in [7, 11) is 2.19. The fourth-order valence-corrected chi connectivity index (χ4v) is 4.58. The normalized spacial score (nSPS) is 16.2. The highest BCUT2D eigenvalue weighted by molar-refractivity contribution is 5.51. The van der Waals surface area contributed by atoms with Gasteiger partial charge in [-0.1, -0.05) is 60.7 Å². The lowest BCUT2D eigenvalue weighted by Crippen LogP contribution is -2.40. The van der Waals surface area contributed by atoms with Crippen LogP contribution in [0.15, 0.2) is 110 Å². The first-order chi connectivity index (χ1) is 20.2. The summed E-state index contributed by atoms with van der Waals surface area (Å²) in [6, 6.07) is 23.6. The lowest BCUT2D eigenvalue weighted by molar-refractivity contribution is 0.244. The molecular formula is C35H38N4O2. The summed E-state index contributed by atoms with van der Waals surface area (Å²) < 4.78 is 11.6. The van der Waals surface area contributed by atoms with Crippen molar-refractivity contribution in [2.45, 2.75) is 12.8 Å². The number of aromatic nitrogens is 2. The molecule has 2 fully saturated rings. The highest BCUT2D eigenvalue weighted by atomic mass is 16.5. The molecular weight excluding hydrogens is 508 g/mol. The molecule has 210 valence electrons. The molecule has 2 saturated heterocycles. The van der Waals surface area contributed by atoms with Gasteiger partial charge >= 0.3 is 0 Å². The molecule has 6 heteroatoms. The van der Waals surface area contributed by atoms with Crippen molar-refractivity contribution < 1.29 is 9.47 Å². The van der Waals surface area contributed by atoms with Gasteiger partial charge < -0.3 is 19.7 Å². The number of allylic oxidation sites excluding steroid dienone is 1. The summed E-state index contributed by atoms with van der Waals surface area (Å²) in [6.45, 7) is 4.52. The quantitative estimate of drug-likeness (QED) is 0.250. The number of rotatable bonds is 8. The van der Waals surface area contributed by atoms with Gasteiger partial charge in [-0.05, 0) is 86.4 Å². The molecule has 2 aliphatic rings. The third-order valence-electron chi connectivity index (χ3n) is 7.12. The van der Waals surface area contributed by atoms with Crippen molar-refractivity contribution in [1.29, 1.82) is 0 Å². The van der Waals surface area contributed by atoms with E-state index in [-0.39, 0.29) is 0 Å². The van der Waals surface area contributed by atoms with E-state index in [1.54, 1.807) is 12.4 Å². The van der Waals surface area contributed by atoms with E-state index in [0.29, 0.717) is 11.8 Å².